The molecular weight excluding hydrogens is 427 g/mol. The van der Waals surface area contributed by atoms with Gasteiger partial charge in [0.1, 0.15) is 18.1 Å². The molecule has 1 aliphatic heterocycles. The molecule has 0 atom stereocenters. The summed E-state index contributed by atoms with van der Waals surface area (Å²) in [7, 11) is 3.40. The molecule has 8 heteroatoms. The zero-order chi connectivity index (χ0) is 19.7. The Hall–Kier alpha value is -1.79. The van der Waals surface area contributed by atoms with E-state index >= 15 is 0 Å². The number of hydrogen-bond acceptors (Lipinski definition) is 3. The van der Waals surface area contributed by atoms with Crippen LogP contribution >= 0.6 is 47.0 Å². The molecule has 1 heterocycles. The smallest absolute Gasteiger partial charge is 0.276 e. The second kappa shape index (κ2) is 8.07. The first-order valence-electron chi connectivity index (χ1n) is 7.91. The van der Waals surface area contributed by atoms with Crippen molar-refractivity contribution in [2.24, 2.45) is 0 Å². The summed E-state index contributed by atoms with van der Waals surface area (Å²) >= 11 is 23.6. The fraction of sp³-hybridized carbons (Fsp3) is 0.158. The van der Waals surface area contributed by atoms with E-state index in [2.05, 4.69) is 0 Å². The lowest BCUT2D eigenvalue weighted by Gasteiger charge is -2.12. The van der Waals surface area contributed by atoms with Crippen molar-refractivity contribution in [1.82, 2.24) is 9.80 Å². The zero-order valence-electron chi connectivity index (χ0n) is 14.5. The van der Waals surface area contributed by atoms with Gasteiger partial charge >= 0.3 is 0 Å². The number of ether oxygens (including phenoxy) is 1. The van der Waals surface area contributed by atoms with E-state index in [1.165, 1.54) is 4.90 Å². The Morgan fingerprint density at radius 1 is 1.04 bits per heavy atom. The summed E-state index contributed by atoms with van der Waals surface area (Å²) in [6.07, 6.45) is 1.74. The molecule has 0 spiro atoms. The summed E-state index contributed by atoms with van der Waals surface area (Å²) in [6, 6.07) is 10.5. The molecule has 2 aromatic rings. The SMILES string of the molecule is CN1C(=O)/C(=C/c2ccc(OCc3ccc(Cl)cc3Cl)c(Cl)c2)N(C)C1=S. The van der Waals surface area contributed by atoms with Crippen molar-refractivity contribution in [3.05, 3.63) is 68.3 Å². The minimum absolute atomic E-state index is 0.156. The maximum atomic E-state index is 12.2. The van der Waals surface area contributed by atoms with Crippen LogP contribution in [0.2, 0.25) is 15.1 Å². The largest absolute Gasteiger partial charge is 0.487 e. The molecule has 140 valence electrons. The number of likely N-dealkylation sites (N-methyl/N-ethyl adjacent to an activating group) is 2. The minimum Gasteiger partial charge on any atom is -0.487 e. The van der Waals surface area contributed by atoms with Gasteiger partial charge in [-0.25, -0.2) is 0 Å². The highest BCUT2D eigenvalue weighted by Gasteiger charge is 2.32. The number of thiocarbonyl (C=S) groups is 1. The molecule has 0 unspecified atom stereocenters. The molecule has 0 N–H and O–H groups in total. The van der Waals surface area contributed by atoms with Crippen molar-refractivity contribution in [2.45, 2.75) is 6.61 Å². The predicted molar refractivity (Wildman–Crippen MR) is 113 cm³/mol. The fourth-order valence-corrected chi connectivity index (χ4v) is 3.45. The van der Waals surface area contributed by atoms with E-state index in [0.29, 0.717) is 31.6 Å². The Morgan fingerprint density at radius 3 is 2.37 bits per heavy atom. The third kappa shape index (κ3) is 4.22. The highest BCUT2D eigenvalue weighted by atomic mass is 35.5. The van der Waals surface area contributed by atoms with E-state index in [-0.39, 0.29) is 12.5 Å². The van der Waals surface area contributed by atoms with Gasteiger partial charge in [-0.1, -0.05) is 46.9 Å². The normalized spacial score (nSPS) is 15.8. The van der Waals surface area contributed by atoms with Crippen LogP contribution in [-0.4, -0.2) is 34.9 Å². The number of carbonyl (C=O) groups excluding carboxylic acids is 1. The van der Waals surface area contributed by atoms with Gasteiger partial charge in [0, 0.05) is 29.7 Å². The summed E-state index contributed by atoms with van der Waals surface area (Å²) in [5, 5.41) is 1.98. The van der Waals surface area contributed by atoms with Crippen LogP contribution in [0.5, 0.6) is 5.75 Å². The molecule has 0 aliphatic carbocycles. The Labute approximate surface area is 177 Å². The Morgan fingerprint density at radius 2 is 1.78 bits per heavy atom. The number of hydrogen-bond donors (Lipinski definition) is 0. The van der Waals surface area contributed by atoms with Crippen molar-refractivity contribution in [1.29, 1.82) is 0 Å². The van der Waals surface area contributed by atoms with Crippen LogP contribution in [0.25, 0.3) is 6.08 Å². The van der Waals surface area contributed by atoms with Crippen molar-refractivity contribution >= 4 is 64.1 Å². The molecule has 27 heavy (non-hydrogen) atoms. The number of halogens is 3. The molecule has 0 radical (unpaired) electrons. The van der Waals surface area contributed by atoms with Crippen molar-refractivity contribution in [3.8, 4) is 5.75 Å². The molecule has 1 aliphatic rings. The van der Waals surface area contributed by atoms with Crippen LogP contribution in [0.4, 0.5) is 0 Å². The average molecular weight is 442 g/mol. The van der Waals surface area contributed by atoms with E-state index in [4.69, 9.17) is 51.8 Å². The average Bonchev–Trinajstić information content (AvgIpc) is 2.80. The maximum absolute atomic E-state index is 12.2. The van der Waals surface area contributed by atoms with Crippen LogP contribution in [-0.2, 0) is 11.4 Å². The second-order valence-electron chi connectivity index (χ2n) is 5.95. The molecule has 3 rings (SSSR count). The van der Waals surface area contributed by atoms with Crippen molar-refractivity contribution < 1.29 is 9.53 Å². The van der Waals surface area contributed by atoms with Gasteiger partial charge < -0.3 is 9.64 Å². The van der Waals surface area contributed by atoms with Gasteiger partial charge in [-0.15, -0.1) is 0 Å². The first-order chi connectivity index (χ1) is 12.8. The Kier molecular flexibility index (Phi) is 5.96. The first kappa shape index (κ1) is 20.0. The summed E-state index contributed by atoms with van der Waals surface area (Å²) in [4.78, 5) is 15.3. The molecular formula is C19H15Cl3N2O2S. The first-order valence-corrected chi connectivity index (χ1v) is 9.46. The van der Waals surface area contributed by atoms with Crippen LogP contribution in [0.3, 0.4) is 0 Å². The minimum atomic E-state index is -0.156. The van der Waals surface area contributed by atoms with E-state index in [1.807, 2.05) is 6.07 Å². The monoisotopic (exact) mass is 440 g/mol. The maximum Gasteiger partial charge on any atom is 0.276 e. The fourth-order valence-electron chi connectivity index (χ4n) is 2.56. The van der Waals surface area contributed by atoms with Crippen LogP contribution in [0, 0.1) is 0 Å². The molecule has 1 saturated heterocycles. The lowest BCUT2D eigenvalue weighted by atomic mass is 10.1. The van der Waals surface area contributed by atoms with Crippen LogP contribution in [0.15, 0.2) is 42.1 Å². The molecule has 4 nitrogen and oxygen atoms in total. The highest BCUT2D eigenvalue weighted by molar-refractivity contribution is 7.80. The summed E-state index contributed by atoms with van der Waals surface area (Å²) in [5.74, 6) is 0.361. The Bertz CT molecular complexity index is 962. The molecule has 0 saturated carbocycles. The summed E-state index contributed by atoms with van der Waals surface area (Å²) in [6.45, 7) is 0.260. The summed E-state index contributed by atoms with van der Waals surface area (Å²) < 4.78 is 5.76. The van der Waals surface area contributed by atoms with Gasteiger partial charge in [0.15, 0.2) is 5.11 Å². The van der Waals surface area contributed by atoms with E-state index < -0.39 is 0 Å². The van der Waals surface area contributed by atoms with Gasteiger partial charge in [0.25, 0.3) is 5.91 Å². The van der Waals surface area contributed by atoms with E-state index in [0.717, 1.165) is 11.1 Å². The number of nitrogens with zero attached hydrogens (tertiary/aromatic N) is 2. The third-order valence-corrected chi connectivity index (χ3v) is 5.55. The standard InChI is InChI=1S/C19H15Cl3N2O2S/c1-23-16(18(25)24(2)19(23)27)8-11-3-6-17(15(22)7-11)26-10-12-4-5-13(20)9-14(12)21/h3-9H,10H2,1-2H3/b16-8-. The van der Waals surface area contributed by atoms with Gasteiger partial charge in [-0.2, -0.15) is 0 Å². The van der Waals surface area contributed by atoms with Crippen LogP contribution < -0.4 is 4.74 Å². The predicted octanol–water partition coefficient (Wildman–Crippen LogP) is 5.26. The molecule has 0 bridgehead atoms. The molecule has 1 fully saturated rings. The topological polar surface area (TPSA) is 32.8 Å². The lowest BCUT2D eigenvalue weighted by molar-refractivity contribution is -0.121. The zero-order valence-corrected chi connectivity index (χ0v) is 17.6. The molecule has 1 amide bonds. The quantitative estimate of drug-likeness (QED) is 0.479. The highest BCUT2D eigenvalue weighted by Crippen LogP contribution is 2.30. The van der Waals surface area contributed by atoms with Gasteiger partial charge in [0.2, 0.25) is 0 Å². The van der Waals surface area contributed by atoms with Crippen molar-refractivity contribution in [2.75, 3.05) is 14.1 Å². The number of rotatable bonds is 4. The second-order valence-corrected chi connectivity index (χ2v) is 7.57. The number of carbonyl (C=O) groups is 1. The van der Waals surface area contributed by atoms with Crippen LogP contribution in [0.1, 0.15) is 11.1 Å². The molecule has 0 aromatic heterocycles. The van der Waals surface area contributed by atoms with Crippen molar-refractivity contribution in [3.63, 3.8) is 0 Å². The van der Waals surface area contributed by atoms with E-state index in [1.54, 1.807) is 55.4 Å². The lowest BCUT2D eigenvalue weighted by Crippen LogP contribution is -2.26. The van der Waals surface area contributed by atoms with Gasteiger partial charge in [-0.05, 0) is 48.1 Å². The Balaban J connectivity index is 1.77. The van der Waals surface area contributed by atoms with Gasteiger partial charge in [0.05, 0.1) is 5.02 Å². The number of benzene rings is 2. The number of amides is 1. The van der Waals surface area contributed by atoms with E-state index in [9.17, 15) is 4.79 Å². The third-order valence-electron chi connectivity index (χ3n) is 4.12. The molecule has 2 aromatic carbocycles. The van der Waals surface area contributed by atoms with Gasteiger partial charge in [-0.3, -0.25) is 9.69 Å². The summed E-state index contributed by atoms with van der Waals surface area (Å²) in [5.41, 5.74) is 2.06.